The summed E-state index contributed by atoms with van der Waals surface area (Å²) in [5, 5.41) is 14.4. The number of aromatic amines is 1. The summed E-state index contributed by atoms with van der Waals surface area (Å²) in [6, 6.07) is 1.85. The highest BCUT2D eigenvalue weighted by molar-refractivity contribution is 7.17. The van der Waals surface area contributed by atoms with Crippen LogP contribution in [0.2, 0.25) is 0 Å². The summed E-state index contributed by atoms with van der Waals surface area (Å²) in [5.74, 6) is 0.636. The number of rotatable bonds is 6. The number of hydrogen-bond acceptors (Lipinski definition) is 5. The van der Waals surface area contributed by atoms with Gasteiger partial charge in [-0.3, -0.25) is 4.79 Å². The van der Waals surface area contributed by atoms with Gasteiger partial charge < -0.3 is 15.4 Å². The Bertz CT molecular complexity index is 564. The molecule has 2 rings (SSSR count). The van der Waals surface area contributed by atoms with Crippen LogP contribution in [0.5, 0.6) is 0 Å². The second-order valence-corrected chi connectivity index (χ2v) is 5.09. The zero-order valence-corrected chi connectivity index (χ0v) is 11.1. The molecule has 0 spiro atoms. The van der Waals surface area contributed by atoms with E-state index in [1.54, 1.807) is 0 Å². The molecule has 6 heteroatoms. The zero-order chi connectivity index (χ0) is 13.0. The van der Waals surface area contributed by atoms with E-state index < -0.39 is 0 Å². The summed E-state index contributed by atoms with van der Waals surface area (Å²) >= 11 is 1.40. The van der Waals surface area contributed by atoms with Crippen LogP contribution in [0, 0.1) is 0 Å². The van der Waals surface area contributed by atoms with Crippen molar-refractivity contribution in [2.75, 3.05) is 6.54 Å². The number of fused-ring (bicyclic) bond motifs is 1. The van der Waals surface area contributed by atoms with E-state index in [9.17, 15) is 9.90 Å². The fraction of sp³-hybridized carbons (Fsp3) is 0.500. The average Bonchev–Trinajstić information content (AvgIpc) is 2.83. The first kappa shape index (κ1) is 13.2. The topological polar surface area (TPSA) is 78.0 Å². The molecule has 0 saturated carbocycles. The largest absolute Gasteiger partial charge is 0.393 e. The number of hydrogen-bond donors (Lipinski definition) is 3. The fourth-order valence-corrected chi connectivity index (χ4v) is 2.41. The highest BCUT2D eigenvalue weighted by atomic mass is 32.1. The van der Waals surface area contributed by atoms with Crippen molar-refractivity contribution in [3.8, 4) is 0 Å². The molecule has 1 unspecified atom stereocenters. The molecule has 2 heterocycles. The first-order valence-corrected chi connectivity index (χ1v) is 6.94. The van der Waals surface area contributed by atoms with Crippen LogP contribution in [-0.2, 0) is 6.54 Å². The molecule has 2 aromatic rings. The van der Waals surface area contributed by atoms with Gasteiger partial charge in [0, 0.05) is 0 Å². The summed E-state index contributed by atoms with van der Waals surface area (Å²) in [6.45, 7) is 3.17. The molecule has 0 fully saturated rings. The predicted molar refractivity (Wildman–Crippen MR) is 72.9 cm³/mol. The van der Waals surface area contributed by atoms with Gasteiger partial charge in [-0.2, -0.15) is 0 Å². The predicted octanol–water partition coefficient (Wildman–Crippen LogP) is 1.24. The monoisotopic (exact) mass is 267 g/mol. The van der Waals surface area contributed by atoms with Crippen LogP contribution in [0.25, 0.3) is 10.2 Å². The van der Waals surface area contributed by atoms with E-state index in [0.717, 1.165) is 11.9 Å². The molecule has 18 heavy (non-hydrogen) atoms. The molecule has 0 saturated heterocycles. The van der Waals surface area contributed by atoms with Crippen molar-refractivity contribution in [1.29, 1.82) is 0 Å². The maximum absolute atomic E-state index is 11.7. The lowest BCUT2D eigenvalue weighted by Gasteiger charge is -2.08. The standard InChI is InChI=1S/C12H17N3O2S/c1-2-8(16)3-5-13-7-10-14-9-4-6-18-11(9)12(17)15-10/h4,6,8,13,16H,2-3,5,7H2,1H3,(H,14,15,17). The smallest absolute Gasteiger partial charge is 0.268 e. The Kier molecular flexibility index (Phi) is 4.46. The zero-order valence-electron chi connectivity index (χ0n) is 10.3. The van der Waals surface area contributed by atoms with Gasteiger partial charge in [0.05, 0.1) is 18.2 Å². The molecule has 0 aliphatic heterocycles. The lowest BCUT2D eigenvalue weighted by molar-refractivity contribution is 0.159. The first-order chi connectivity index (χ1) is 8.70. The number of thiophene rings is 1. The third-order valence-electron chi connectivity index (χ3n) is 2.78. The lowest BCUT2D eigenvalue weighted by atomic mass is 10.2. The molecule has 5 nitrogen and oxygen atoms in total. The normalized spacial score (nSPS) is 13.0. The van der Waals surface area contributed by atoms with Crippen molar-refractivity contribution in [1.82, 2.24) is 15.3 Å². The van der Waals surface area contributed by atoms with E-state index in [0.29, 0.717) is 30.0 Å². The van der Waals surface area contributed by atoms with Gasteiger partial charge in [0.25, 0.3) is 5.56 Å². The van der Waals surface area contributed by atoms with Crippen LogP contribution in [-0.4, -0.2) is 27.7 Å². The second-order valence-electron chi connectivity index (χ2n) is 4.18. The van der Waals surface area contributed by atoms with Crippen molar-refractivity contribution in [2.24, 2.45) is 0 Å². The lowest BCUT2D eigenvalue weighted by Crippen LogP contribution is -2.22. The van der Waals surface area contributed by atoms with E-state index in [1.165, 1.54) is 11.3 Å². The third-order valence-corrected chi connectivity index (χ3v) is 3.68. The molecular weight excluding hydrogens is 250 g/mol. The van der Waals surface area contributed by atoms with Crippen LogP contribution in [0.3, 0.4) is 0 Å². The molecule has 1 atom stereocenters. The van der Waals surface area contributed by atoms with Gasteiger partial charge in [-0.25, -0.2) is 4.98 Å². The van der Waals surface area contributed by atoms with Crippen LogP contribution < -0.4 is 10.9 Å². The number of aliphatic hydroxyl groups is 1. The summed E-state index contributed by atoms with van der Waals surface area (Å²) in [5.41, 5.74) is 0.662. The molecule has 0 bridgehead atoms. The van der Waals surface area contributed by atoms with Gasteiger partial charge >= 0.3 is 0 Å². The maximum Gasteiger partial charge on any atom is 0.268 e. The molecule has 0 aliphatic rings. The Balaban J connectivity index is 1.93. The molecule has 98 valence electrons. The molecule has 0 radical (unpaired) electrons. The third kappa shape index (κ3) is 3.16. The van der Waals surface area contributed by atoms with Crippen molar-refractivity contribution >= 4 is 21.6 Å². The van der Waals surface area contributed by atoms with E-state index >= 15 is 0 Å². The Labute approximate surface area is 109 Å². The van der Waals surface area contributed by atoms with E-state index in [1.807, 2.05) is 18.4 Å². The minimum atomic E-state index is -0.260. The Morgan fingerprint density at radius 3 is 3.22 bits per heavy atom. The minimum absolute atomic E-state index is 0.0830. The van der Waals surface area contributed by atoms with Gasteiger partial charge in [0.1, 0.15) is 10.5 Å². The number of nitrogens with zero attached hydrogens (tertiary/aromatic N) is 1. The summed E-state index contributed by atoms with van der Waals surface area (Å²) < 4.78 is 0.667. The van der Waals surface area contributed by atoms with Crippen molar-refractivity contribution < 1.29 is 5.11 Å². The highest BCUT2D eigenvalue weighted by Gasteiger charge is 2.05. The van der Waals surface area contributed by atoms with Gasteiger partial charge in [-0.1, -0.05) is 6.92 Å². The second kappa shape index (κ2) is 6.08. The van der Waals surface area contributed by atoms with E-state index in [4.69, 9.17) is 0 Å². The maximum atomic E-state index is 11.7. The number of aliphatic hydroxyl groups excluding tert-OH is 1. The van der Waals surface area contributed by atoms with E-state index in [2.05, 4.69) is 15.3 Å². The minimum Gasteiger partial charge on any atom is -0.393 e. The molecule has 2 aromatic heterocycles. The molecular formula is C12H17N3O2S. The van der Waals surface area contributed by atoms with Gasteiger partial charge in [0.15, 0.2) is 0 Å². The number of aromatic nitrogens is 2. The summed E-state index contributed by atoms with van der Waals surface area (Å²) in [7, 11) is 0. The van der Waals surface area contributed by atoms with Gasteiger partial charge in [-0.15, -0.1) is 11.3 Å². The fourth-order valence-electron chi connectivity index (χ4n) is 1.68. The van der Waals surface area contributed by atoms with Crippen LogP contribution in [0.1, 0.15) is 25.6 Å². The molecule has 3 N–H and O–H groups in total. The van der Waals surface area contributed by atoms with Crippen LogP contribution in [0.15, 0.2) is 16.2 Å². The molecule has 0 amide bonds. The van der Waals surface area contributed by atoms with Gasteiger partial charge in [-0.05, 0) is 30.8 Å². The molecule has 0 aliphatic carbocycles. The first-order valence-electron chi connectivity index (χ1n) is 6.06. The van der Waals surface area contributed by atoms with Crippen molar-refractivity contribution in [3.05, 3.63) is 27.6 Å². The van der Waals surface area contributed by atoms with E-state index in [-0.39, 0.29) is 11.7 Å². The molecule has 0 aromatic carbocycles. The highest BCUT2D eigenvalue weighted by Crippen LogP contribution is 2.13. The summed E-state index contributed by atoms with van der Waals surface area (Å²) in [6.07, 6.45) is 1.21. The quantitative estimate of drug-likeness (QED) is 0.688. The Hall–Kier alpha value is -1.24. The summed E-state index contributed by atoms with van der Waals surface area (Å²) in [4.78, 5) is 18.8. The Morgan fingerprint density at radius 1 is 1.61 bits per heavy atom. The van der Waals surface area contributed by atoms with Gasteiger partial charge in [0.2, 0.25) is 0 Å². The average molecular weight is 267 g/mol. The number of nitrogens with one attached hydrogen (secondary N) is 2. The van der Waals surface area contributed by atoms with Crippen molar-refractivity contribution in [3.63, 3.8) is 0 Å². The Morgan fingerprint density at radius 2 is 2.44 bits per heavy atom. The number of H-pyrrole nitrogens is 1. The van der Waals surface area contributed by atoms with Crippen LogP contribution >= 0.6 is 11.3 Å². The van der Waals surface area contributed by atoms with Crippen LogP contribution in [0.4, 0.5) is 0 Å². The SMILES string of the molecule is CCC(O)CCNCc1nc2ccsc2c(=O)[nH]1. The van der Waals surface area contributed by atoms with Crippen molar-refractivity contribution in [2.45, 2.75) is 32.4 Å².